The Morgan fingerprint density at radius 3 is 2.62 bits per heavy atom. The molecule has 0 heterocycles. The maximum atomic E-state index is 8.34. The van der Waals surface area contributed by atoms with Gasteiger partial charge in [0.05, 0.1) is 12.0 Å². The summed E-state index contributed by atoms with van der Waals surface area (Å²) in [7, 11) is 0. The lowest BCUT2D eigenvalue weighted by Gasteiger charge is -1.95. The van der Waals surface area contributed by atoms with Crippen LogP contribution in [0.5, 0.6) is 0 Å². The molecule has 0 aromatic heterocycles. The maximum absolute atomic E-state index is 8.34. The molecule has 0 aliphatic heterocycles. The van der Waals surface area contributed by atoms with Gasteiger partial charge in [0, 0.05) is 0 Å². The number of allylic oxidation sites excluding steroid dienone is 1. The molecule has 0 fully saturated rings. The zero-order chi connectivity index (χ0) is 6.41. The van der Waals surface area contributed by atoms with Gasteiger partial charge in [-0.25, -0.2) is 0 Å². The highest BCUT2D eigenvalue weighted by molar-refractivity contribution is 4.94. The molecule has 1 atom stereocenters. The molecule has 0 rings (SSSR count). The summed E-state index contributed by atoms with van der Waals surface area (Å²) >= 11 is 0. The molecular weight excluding hydrogens is 98.1 g/mol. The minimum Gasteiger partial charge on any atom is -0.198 e. The fraction of sp³-hybridized carbons (Fsp3) is 0.571. The summed E-state index contributed by atoms with van der Waals surface area (Å²) in [5.74, 6) is 0.0694. The van der Waals surface area contributed by atoms with Gasteiger partial charge in [-0.1, -0.05) is 19.4 Å². The van der Waals surface area contributed by atoms with E-state index in [1.54, 1.807) is 6.08 Å². The highest BCUT2D eigenvalue weighted by Crippen LogP contribution is 2.03. The zero-order valence-electron chi connectivity index (χ0n) is 5.22. The Morgan fingerprint density at radius 2 is 2.50 bits per heavy atom. The predicted octanol–water partition coefficient (Wildman–Crippen LogP) is 2.11. The highest BCUT2D eigenvalue weighted by atomic mass is 14.3. The minimum atomic E-state index is 0.0694. The monoisotopic (exact) mass is 109 g/mol. The molecule has 0 N–H and O–H groups in total. The van der Waals surface area contributed by atoms with Crippen LogP contribution in [-0.4, -0.2) is 0 Å². The second-order valence-corrected chi connectivity index (χ2v) is 1.76. The highest BCUT2D eigenvalue weighted by Gasteiger charge is 1.96. The maximum Gasteiger partial charge on any atom is 0.0697 e. The van der Waals surface area contributed by atoms with E-state index in [0.717, 1.165) is 12.8 Å². The van der Waals surface area contributed by atoms with E-state index >= 15 is 0 Å². The van der Waals surface area contributed by atoms with E-state index in [1.807, 2.05) is 0 Å². The van der Waals surface area contributed by atoms with Crippen molar-refractivity contribution in [3.05, 3.63) is 12.7 Å². The van der Waals surface area contributed by atoms with Crippen LogP contribution in [0.2, 0.25) is 0 Å². The molecule has 8 heavy (non-hydrogen) atoms. The van der Waals surface area contributed by atoms with Crippen LogP contribution in [0.25, 0.3) is 0 Å². The van der Waals surface area contributed by atoms with Gasteiger partial charge in [0.25, 0.3) is 0 Å². The number of hydrogen-bond acceptors (Lipinski definition) is 1. The lowest BCUT2D eigenvalue weighted by atomic mass is 10.1. The third-order valence-corrected chi connectivity index (χ3v) is 1.05. The molecule has 44 valence electrons. The average molecular weight is 109 g/mol. The Labute approximate surface area is 50.6 Å². The van der Waals surface area contributed by atoms with Gasteiger partial charge in [-0.15, -0.1) is 6.58 Å². The normalized spacial score (nSPS) is 12.0. The molecule has 0 amide bonds. The van der Waals surface area contributed by atoms with Gasteiger partial charge in [0.15, 0.2) is 0 Å². The molecule has 0 saturated heterocycles. The van der Waals surface area contributed by atoms with Crippen molar-refractivity contribution in [3.8, 4) is 6.07 Å². The van der Waals surface area contributed by atoms with E-state index < -0.39 is 0 Å². The summed E-state index contributed by atoms with van der Waals surface area (Å²) in [6.45, 7) is 5.59. The zero-order valence-corrected chi connectivity index (χ0v) is 5.22. The first-order valence-corrected chi connectivity index (χ1v) is 2.87. The Hall–Kier alpha value is -0.770. The van der Waals surface area contributed by atoms with Crippen molar-refractivity contribution in [2.24, 2.45) is 5.92 Å². The lowest BCUT2D eigenvalue weighted by Crippen LogP contribution is -1.88. The van der Waals surface area contributed by atoms with E-state index in [4.69, 9.17) is 5.26 Å². The Kier molecular flexibility index (Phi) is 3.97. The van der Waals surface area contributed by atoms with Crippen molar-refractivity contribution in [2.75, 3.05) is 0 Å². The van der Waals surface area contributed by atoms with Crippen LogP contribution >= 0.6 is 0 Å². The Morgan fingerprint density at radius 1 is 1.88 bits per heavy atom. The lowest BCUT2D eigenvalue weighted by molar-refractivity contribution is 0.703. The van der Waals surface area contributed by atoms with Crippen molar-refractivity contribution >= 4 is 0 Å². The first kappa shape index (κ1) is 7.23. The van der Waals surface area contributed by atoms with Crippen LogP contribution in [0.15, 0.2) is 12.7 Å². The molecule has 0 aliphatic carbocycles. The minimum absolute atomic E-state index is 0.0694. The summed E-state index contributed by atoms with van der Waals surface area (Å²) in [4.78, 5) is 0. The number of hydrogen-bond donors (Lipinski definition) is 0. The fourth-order valence-corrected chi connectivity index (χ4v) is 0.546. The van der Waals surface area contributed by atoms with Gasteiger partial charge < -0.3 is 0 Å². The molecule has 1 heteroatoms. The summed E-state index contributed by atoms with van der Waals surface area (Å²) < 4.78 is 0. The molecule has 1 nitrogen and oxygen atoms in total. The molecule has 0 bridgehead atoms. The predicted molar refractivity (Wildman–Crippen MR) is 34.2 cm³/mol. The van der Waals surface area contributed by atoms with Gasteiger partial charge in [0.1, 0.15) is 0 Å². The van der Waals surface area contributed by atoms with Crippen LogP contribution in [0.1, 0.15) is 19.8 Å². The van der Waals surface area contributed by atoms with Crippen LogP contribution in [-0.2, 0) is 0 Å². The summed E-state index contributed by atoms with van der Waals surface area (Å²) in [6.07, 6.45) is 3.70. The molecule has 1 unspecified atom stereocenters. The van der Waals surface area contributed by atoms with Gasteiger partial charge in [-0.05, 0) is 6.42 Å². The smallest absolute Gasteiger partial charge is 0.0697 e. The molecule has 0 radical (unpaired) electrons. The average Bonchev–Trinajstić information content (AvgIpc) is 1.83. The second-order valence-electron chi connectivity index (χ2n) is 1.76. The van der Waals surface area contributed by atoms with Gasteiger partial charge in [-0.3, -0.25) is 0 Å². The second kappa shape index (κ2) is 4.39. The van der Waals surface area contributed by atoms with E-state index in [0.29, 0.717) is 0 Å². The summed E-state index contributed by atoms with van der Waals surface area (Å²) in [6, 6.07) is 2.13. The standard InChI is InChI=1S/C7H11N/c1-3-5-7(4-2)6-8/h4,7H,2-3,5H2,1H3. The van der Waals surface area contributed by atoms with Crippen molar-refractivity contribution < 1.29 is 0 Å². The van der Waals surface area contributed by atoms with E-state index in [-0.39, 0.29) is 5.92 Å². The van der Waals surface area contributed by atoms with E-state index in [1.165, 1.54) is 0 Å². The Balaban J connectivity index is 3.40. The van der Waals surface area contributed by atoms with Crippen LogP contribution in [0.3, 0.4) is 0 Å². The van der Waals surface area contributed by atoms with E-state index in [2.05, 4.69) is 19.6 Å². The third kappa shape index (κ3) is 2.41. The summed E-state index contributed by atoms with van der Waals surface area (Å²) in [5, 5.41) is 8.34. The SMILES string of the molecule is C=CC(C#N)CCC. The van der Waals surface area contributed by atoms with Crippen molar-refractivity contribution in [1.82, 2.24) is 0 Å². The number of nitrogens with zero attached hydrogens (tertiary/aromatic N) is 1. The number of rotatable bonds is 3. The van der Waals surface area contributed by atoms with Crippen molar-refractivity contribution in [3.63, 3.8) is 0 Å². The quantitative estimate of drug-likeness (QED) is 0.509. The molecule has 0 spiro atoms. The van der Waals surface area contributed by atoms with E-state index in [9.17, 15) is 0 Å². The van der Waals surface area contributed by atoms with Gasteiger partial charge >= 0.3 is 0 Å². The first-order chi connectivity index (χ1) is 3.85. The summed E-state index contributed by atoms with van der Waals surface area (Å²) in [5.41, 5.74) is 0. The van der Waals surface area contributed by atoms with Crippen LogP contribution in [0.4, 0.5) is 0 Å². The number of nitriles is 1. The fourth-order valence-electron chi connectivity index (χ4n) is 0.546. The molecular formula is C7H11N. The molecule has 0 aliphatic rings. The molecule has 0 aromatic rings. The molecule has 0 aromatic carbocycles. The topological polar surface area (TPSA) is 23.8 Å². The van der Waals surface area contributed by atoms with Crippen molar-refractivity contribution in [2.45, 2.75) is 19.8 Å². The Bertz CT molecular complexity index is 99.4. The molecule has 0 saturated carbocycles. The van der Waals surface area contributed by atoms with Crippen LogP contribution < -0.4 is 0 Å². The largest absolute Gasteiger partial charge is 0.198 e. The third-order valence-electron chi connectivity index (χ3n) is 1.05. The van der Waals surface area contributed by atoms with Gasteiger partial charge in [-0.2, -0.15) is 5.26 Å². The van der Waals surface area contributed by atoms with Gasteiger partial charge in [0.2, 0.25) is 0 Å². The van der Waals surface area contributed by atoms with Crippen LogP contribution in [0, 0.1) is 17.2 Å². The van der Waals surface area contributed by atoms with Crippen molar-refractivity contribution in [1.29, 1.82) is 5.26 Å². The first-order valence-electron chi connectivity index (χ1n) is 2.87.